The van der Waals surface area contributed by atoms with Crippen LogP contribution in [0, 0.1) is 7.14 Å². The van der Waals surface area contributed by atoms with Crippen LogP contribution in [0.25, 0.3) is 0 Å². The summed E-state index contributed by atoms with van der Waals surface area (Å²) in [5.74, 6) is 1.96. The molecule has 9 heteroatoms. The lowest BCUT2D eigenvalue weighted by Gasteiger charge is -2.18. The van der Waals surface area contributed by atoms with Gasteiger partial charge in [-0.3, -0.25) is 4.79 Å². The standard InChI is InChI=1S/C24H19ClI2N2O4/c25-18-4-1-15(2-5-18)14-33-24-19(26)9-17(10-20(24)27)13-28-29-23(30)12-16-3-6-21-22(11-16)32-8-7-31-21/h1-6,9-11,13H,7-8,12,14H2,(H,29,30)/b28-13+. The summed E-state index contributed by atoms with van der Waals surface area (Å²) in [6.07, 6.45) is 1.82. The van der Waals surface area contributed by atoms with E-state index < -0.39 is 0 Å². The Balaban J connectivity index is 1.33. The number of halogens is 3. The number of ether oxygens (including phenoxy) is 3. The van der Waals surface area contributed by atoms with Crippen LogP contribution in [0.1, 0.15) is 16.7 Å². The van der Waals surface area contributed by atoms with Gasteiger partial charge in [-0.15, -0.1) is 0 Å². The van der Waals surface area contributed by atoms with Crippen molar-refractivity contribution >= 4 is 68.9 Å². The molecule has 3 aromatic rings. The number of fused-ring (bicyclic) bond motifs is 1. The van der Waals surface area contributed by atoms with E-state index in [2.05, 4.69) is 55.7 Å². The minimum absolute atomic E-state index is 0.195. The quantitative estimate of drug-likeness (QED) is 0.200. The summed E-state index contributed by atoms with van der Waals surface area (Å²) in [5.41, 5.74) is 5.31. The highest BCUT2D eigenvalue weighted by atomic mass is 127. The summed E-state index contributed by atoms with van der Waals surface area (Å²) in [7, 11) is 0. The summed E-state index contributed by atoms with van der Waals surface area (Å²) < 4.78 is 19.0. The van der Waals surface area contributed by atoms with Crippen LogP contribution in [0.15, 0.2) is 59.7 Å². The molecule has 33 heavy (non-hydrogen) atoms. The second kappa shape index (κ2) is 11.4. The van der Waals surface area contributed by atoms with Crippen LogP contribution in [0.4, 0.5) is 0 Å². The third-order valence-corrected chi connectivity index (χ3v) is 6.55. The summed E-state index contributed by atoms with van der Waals surface area (Å²) in [4.78, 5) is 12.3. The first kappa shape index (κ1) is 24.1. The zero-order valence-electron chi connectivity index (χ0n) is 17.3. The lowest BCUT2D eigenvalue weighted by atomic mass is 10.1. The molecule has 1 aliphatic heterocycles. The highest BCUT2D eigenvalue weighted by Gasteiger charge is 2.13. The normalized spacial score (nSPS) is 12.6. The third kappa shape index (κ3) is 6.73. The molecule has 0 saturated carbocycles. The first-order valence-corrected chi connectivity index (χ1v) is 12.6. The second-order valence-electron chi connectivity index (χ2n) is 7.18. The predicted octanol–water partition coefficient (Wildman–Crippen LogP) is 5.59. The average Bonchev–Trinajstić information content (AvgIpc) is 2.79. The Morgan fingerprint density at radius 3 is 2.39 bits per heavy atom. The van der Waals surface area contributed by atoms with Crippen LogP contribution in [0.2, 0.25) is 5.02 Å². The zero-order valence-corrected chi connectivity index (χ0v) is 22.4. The first-order valence-electron chi connectivity index (χ1n) is 10.0. The van der Waals surface area contributed by atoms with Gasteiger partial charge in [-0.25, -0.2) is 5.43 Å². The molecule has 0 radical (unpaired) electrons. The molecule has 0 saturated heterocycles. The van der Waals surface area contributed by atoms with Gasteiger partial charge >= 0.3 is 0 Å². The van der Waals surface area contributed by atoms with Gasteiger partial charge in [-0.1, -0.05) is 29.8 Å². The number of amides is 1. The molecule has 0 bridgehead atoms. The van der Waals surface area contributed by atoms with Gasteiger partial charge in [0.15, 0.2) is 11.5 Å². The molecule has 0 fully saturated rings. The Morgan fingerprint density at radius 2 is 1.67 bits per heavy atom. The van der Waals surface area contributed by atoms with Crippen LogP contribution in [0.3, 0.4) is 0 Å². The van der Waals surface area contributed by atoms with Gasteiger partial charge in [-0.05, 0) is 98.3 Å². The van der Waals surface area contributed by atoms with E-state index >= 15 is 0 Å². The van der Waals surface area contributed by atoms with Crippen LogP contribution < -0.4 is 19.6 Å². The van der Waals surface area contributed by atoms with Gasteiger partial charge in [0.05, 0.1) is 19.8 Å². The summed E-state index contributed by atoms with van der Waals surface area (Å²) in [5, 5.41) is 4.80. The molecule has 3 aromatic carbocycles. The molecule has 6 nitrogen and oxygen atoms in total. The van der Waals surface area contributed by atoms with Crippen molar-refractivity contribution in [1.82, 2.24) is 5.43 Å². The van der Waals surface area contributed by atoms with E-state index in [-0.39, 0.29) is 12.3 Å². The van der Waals surface area contributed by atoms with E-state index in [4.69, 9.17) is 25.8 Å². The lowest BCUT2D eigenvalue weighted by molar-refractivity contribution is -0.120. The molecule has 1 aliphatic rings. The van der Waals surface area contributed by atoms with Crippen LogP contribution in [-0.4, -0.2) is 25.3 Å². The van der Waals surface area contributed by atoms with Gasteiger partial charge < -0.3 is 14.2 Å². The number of hydrogen-bond acceptors (Lipinski definition) is 5. The maximum atomic E-state index is 12.3. The highest BCUT2D eigenvalue weighted by Crippen LogP contribution is 2.31. The van der Waals surface area contributed by atoms with Crippen molar-refractivity contribution < 1.29 is 19.0 Å². The van der Waals surface area contributed by atoms with Crippen molar-refractivity contribution in [1.29, 1.82) is 0 Å². The molecule has 170 valence electrons. The molecule has 1 heterocycles. The number of nitrogens with one attached hydrogen (secondary N) is 1. The van der Waals surface area contributed by atoms with E-state index in [9.17, 15) is 4.79 Å². The van der Waals surface area contributed by atoms with Crippen molar-refractivity contribution in [3.63, 3.8) is 0 Å². The number of hydrogen-bond donors (Lipinski definition) is 1. The smallest absolute Gasteiger partial charge is 0.244 e. The molecule has 0 aliphatic carbocycles. The number of benzene rings is 3. The van der Waals surface area contributed by atoms with Crippen LogP contribution in [-0.2, 0) is 17.8 Å². The zero-order chi connectivity index (χ0) is 23.2. The van der Waals surface area contributed by atoms with E-state index in [1.54, 1.807) is 6.21 Å². The van der Waals surface area contributed by atoms with Crippen molar-refractivity contribution in [3.05, 3.63) is 83.5 Å². The number of nitrogens with zero attached hydrogens (tertiary/aromatic N) is 1. The van der Waals surface area contributed by atoms with E-state index in [1.807, 2.05) is 54.6 Å². The van der Waals surface area contributed by atoms with E-state index in [1.165, 1.54) is 0 Å². The first-order chi connectivity index (χ1) is 16.0. The maximum Gasteiger partial charge on any atom is 0.244 e. The third-order valence-electron chi connectivity index (χ3n) is 4.69. The molecule has 0 spiro atoms. The van der Waals surface area contributed by atoms with Gasteiger partial charge in [-0.2, -0.15) is 5.10 Å². The molecule has 0 unspecified atom stereocenters. The largest absolute Gasteiger partial charge is 0.487 e. The average molecular weight is 689 g/mol. The maximum absolute atomic E-state index is 12.3. The Hall–Kier alpha value is -2.05. The predicted molar refractivity (Wildman–Crippen MR) is 145 cm³/mol. The number of rotatable bonds is 7. The molecule has 1 amide bonds. The topological polar surface area (TPSA) is 69.2 Å². The van der Waals surface area contributed by atoms with Gasteiger partial charge in [0.1, 0.15) is 25.6 Å². The SMILES string of the molecule is O=C(Cc1ccc2c(c1)OCCO2)N/N=C/c1cc(I)c(OCc2ccc(Cl)cc2)c(I)c1. The van der Waals surface area contributed by atoms with Crippen molar-refractivity contribution in [2.45, 2.75) is 13.0 Å². The fourth-order valence-corrected chi connectivity index (χ4v) is 5.38. The molecular weight excluding hydrogens is 670 g/mol. The van der Waals surface area contributed by atoms with Crippen molar-refractivity contribution in [2.75, 3.05) is 13.2 Å². The molecular formula is C24H19ClI2N2O4. The fraction of sp³-hybridized carbons (Fsp3) is 0.167. The van der Waals surface area contributed by atoms with Crippen LogP contribution in [0.5, 0.6) is 17.2 Å². The Labute approximate surface area is 223 Å². The lowest BCUT2D eigenvalue weighted by Crippen LogP contribution is -2.20. The molecule has 0 atom stereocenters. The second-order valence-corrected chi connectivity index (χ2v) is 9.94. The van der Waals surface area contributed by atoms with Gasteiger partial charge in [0.2, 0.25) is 5.91 Å². The number of carbonyl (C=O) groups is 1. The Bertz CT molecular complexity index is 1160. The highest BCUT2D eigenvalue weighted by molar-refractivity contribution is 14.1. The summed E-state index contributed by atoms with van der Waals surface area (Å²) >= 11 is 10.4. The number of carbonyl (C=O) groups excluding carboxylic acids is 1. The van der Waals surface area contributed by atoms with Crippen molar-refractivity contribution in [3.8, 4) is 17.2 Å². The fourth-order valence-electron chi connectivity index (χ4n) is 3.13. The number of hydrazone groups is 1. The molecule has 0 aromatic heterocycles. The van der Waals surface area contributed by atoms with Gasteiger partial charge in [0, 0.05) is 5.02 Å². The minimum atomic E-state index is -0.213. The van der Waals surface area contributed by atoms with Crippen molar-refractivity contribution in [2.24, 2.45) is 5.10 Å². The Morgan fingerprint density at radius 1 is 1.00 bits per heavy atom. The molecule has 4 rings (SSSR count). The van der Waals surface area contributed by atoms with E-state index in [0.29, 0.717) is 36.3 Å². The van der Waals surface area contributed by atoms with Gasteiger partial charge in [0.25, 0.3) is 0 Å². The monoisotopic (exact) mass is 688 g/mol. The minimum Gasteiger partial charge on any atom is -0.487 e. The van der Waals surface area contributed by atoms with E-state index in [0.717, 1.165) is 29.6 Å². The molecule has 1 N–H and O–H groups in total. The van der Waals surface area contributed by atoms with Crippen LogP contribution >= 0.6 is 56.8 Å². The Kier molecular flexibility index (Phi) is 8.31. The summed E-state index contributed by atoms with van der Waals surface area (Å²) in [6, 6.07) is 17.0. The summed E-state index contributed by atoms with van der Waals surface area (Å²) in [6.45, 7) is 1.50.